The first-order valence-electron chi connectivity index (χ1n) is 4.66. The number of hydrogen-bond donors (Lipinski definition) is 1. The molecule has 0 spiro atoms. The molecule has 0 amide bonds. The zero-order valence-corrected chi connectivity index (χ0v) is 9.69. The van der Waals surface area contributed by atoms with Crippen LogP contribution in [0.5, 0.6) is 0 Å². The van der Waals surface area contributed by atoms with Crippen LogP contribution in [-0.2, 0) is 6.54 Å². The third kappa shape index (κ3) is 2.25. The van der Waals surface area contributed by atoms with Crippen molar-refractivity contribution in [3.63, 3.8) is 0 Å². The molecule has 0 fully saturated rings. The lowest BCUT2D eigenvalue weighted by Crippen LogP contribution is -2.11. The second kappa shape index (κ2) is 4.39. The minimum Gasteiger partial charge on any atom is -0.438 e. The smallest absolute Gasteiger partial charge is 0.209 e. The number of nitrogens with zero attached hydrogens (tertiary/aromatic N) is 1. The number of oxazole rings is 1. The number of aromatic nitrogens is 1. The second-order valence-electron chi connectivity index (χ2n) is 3.12. The molecule has 1 aromatic carbocycles. The molecule has 1 aromatic heterocycles. The highest BCUT2D eigenvalue weighted by Crippen LogP contribution is 2.28. The summed E-state index contributed by atoms with van der Waals surface area (Å²) in [5, 5.41) is 4.19. The predicted octanol–water partition coefficient (Wildman–Crippen LogP) is 3.24. The summed E-state index contributed by atoms with van der Waals surface area (Å²) in [7, 11) is 0. The van der Waals surface area contributed by atoms with Crippen molar-refractivity contribution in [1.82, 2.24) is 10.3 Å². The Bertz CT molecular complexity index is 481. The molecule has 1 N–H and O–H groups in total. The normalized spacial score (nSPS) is 11.1. The van der Waals surface area contributed by atoms with Gasteiger partial charge in [-0.05, 0) is 18.7 Å². The number of benzene rings is 1. The van der Waals surface area contributed by atoms with E-state index >= 15 is 0 Å². The number of nitrogens with one attached hydrogen (secondary N) is 1. The fourth-order valence-corrected chi connectivity index (χ4v) is 1.83. The first kappa shape index (κ1) is 10.7. The van der Waals surface area contributed by atoms with Crippen LogP contribution in [0, 0.1) is 0 Å². The van der Waals surface area contributed by atoms with Gasteiger partial charge < -0.3 is 9.73 Å². The summed E-state index contributed by atoms with van der Waals surface area (Å²) in [5.41, 5.74) is 1.29. The molecule has 80 valence electrons. The molecule has 0 bridgehead atoms. The molecule has 2 rings (SSSR count). The monoisotopic (exact) mass is 244 g/mol. The van der Waals surface area contributed by atoms with Crippen molar-refractivity contribution in [2.45, 2.75) is 13.5 Å². The highest BCUT2D eigenvalue weighted by atomic mass is 35.5. The van der Waals surface area contributed by atoms with Gasteiger partial charge in [0.1, 0.15) is 5.52 Å². The topological polar surface area (TPSA) is 38.1 Å². The maximum absolute atomic E-state index is 5.97. The number of fused-ring (bicyclic) bond motifs is 1. The molecule has 1 heterocycles. The summed E-state index contributed by atoms with van der Waals surface area (Å²) in [6, 6.07) is 3.38. The SMILES string of the molecule is CCNCc1nc2cc(Cl)cc(Cl)c2o1. The Hall–Kier alpha value is -0.770. The minimum atomic E-state index is 0.493. The van der Waals surface area contributed by atoms with Gasteiger partial charge in [-0.3, -0.25) is 0 Å². The number of hydrogen-bond acceptors (Lipinski definition) is 3. The van der Waals surface area contributed by atoms with E-state index in [1.165, 1.54) is 0 Å². The van der Waals surface area contributed by atoms with Gasteiger partial charge in [0.25, 0.3) is 0 Å². The van der Waals surface area contributed by atoms with Crippen molar-refractivity contribution in [2.75, 3.05) is 6.54 Å². The fourth-order valence-electron chi connectivity index (χ4n) is 1.31. The van der Waals surface area contributed by atoms with Crippen LogP contribution >= 0.6 is 23.2 Å². The van der Waals surface area contributed by atoms with Gasteiger partial charge >= 0.3 is 0 Å². The van der Waals surface area contributed by atoms with Crippen molar-refractivity contribution in [2.24, 2.45) is 0 Å². The van der Waals surface area contributed by atoms with E-state index in [-0.39, 0.29) is 0 Å². The third-order valence-electron chi connectivity index (χ3n) is 1.98. The highest BCUT2D eigenvalue weighted by Gasteiger charge is 2.09. The lowest BCUT2D eigenvalue weighted by Gasteiger charge is -1.93. The molecule has 0 radical (unpaired) electrons. The Labute approximate surface area is 97.4 Å². The summed E-state index contributed by atoms with van der Waals surface area (Å²) < 4.78 is 5.49. The average Bonchev–Trinajstić information content (AvgIpc) is 2.57. The van der Waals surface area contributed by atoms with Crippen LogP contribution in [0.25, 0.3) is 11.1 Å². The Kier molecular flexibility index (Phi) is 3.14. The van der Waals surface area contributed by atoms with E-state index in [9.17, 15) is 0 Å². The standard InChI is InChI=1S/C10H10Cl2N2O/c1-2-13-5-9-14-8-4-6(11)3-7(12)10(8)15-9/h3-4,13H,2,5H2,1H3. The van der Waals surface area contributed by atoms with Crippen LogP contribution in [0.2, 0.25) is 10.0 Å². The molecular weight excluding hydrogens is 235 g/mol. The molecule has 0 saturated carbocycles. The maximum atomic E-state index is 5.97. The molecule has 3 nitrogen and oxygen atoms in total. The van der Waals surface area contributed by atoms with Gasteiger partial charge in [0, 0.05) is 5.02 Å². The van der Waals surface area contributed by atoms with Crippen LogP contribution in [0.15, 0.2) is 16.5 Å². The summed E-state index contributed by atoms with van der Waals surface area (Å²) >= 11 is 11.8. The maximum Gasteiger partial charge on any atom is 0.209 e. The molecule has 0 saturated heterocycles. The van der Waals surface area contributed by atoms with Crippen molar-refractivity contribution < 1.29 is 4.42 Å². The Morgan fingerprint density at radius 3 is 2.93 bits per heavy atom. The molecular formula is C10H10Cl2N2O. The van der Waals surface area contributed by atoms with Gasteiger partial charge in [-0.15, -0.1) is 0 Å². The van der Waals surface area contributed by atoms with Gasteiger partial charge in [-0.1, -0.05) is 30.1 Å². The molecule has 0 aliphatic rings. The van der Waals surface area contributed by atoms with Crippen LogP contribution in [0.1, 0.15) is 12.8 Å². The fraction of sp³-hybridized carbons (Fsp3) is 0.300. The summed E-state index contributed by atoms with van der Waals surface area (Å²) in [5.74, 6) is 0.621. The van der Waals surface area contributed by atoms with Gasteiger partial charge in [0.05, 0.1) is 11.6 Å². The van der Waals surface area contributed by atoms with Crippen molar-refractivity contribution in [3.8, 4) is 0 Å². The number of halogens is 2. The van der Waals surface area contributed by atoms with Crippen LogP contribution in [0.3, 0.4) is 0 Å². The zero-order valence-electron chi connectivity index (χ0n) is 8.18. The van der Waals surface area contributed by atoms with E-state index in [0.29, 0.717) is 33.6 Å². The molecule has 0 unspecified atom stereocenters. The largest absolute Gasteiger partial charge is 0.438 e. The van der Waals surface area contributed by atoms with Crippen molar-refractivity contribution in [3.05, 3.63) is 28.1 Å². The molecule has 0 aliphatic carbocycles. The van der Waals surface area contributed by atoms with Gasteiger partial charge in [0.2, 0.25) is 5.89 Å². The Balaban J connectivity index is 2.41. The number of rotatable bonds is 3. The quantitative estimate of drug-likeness (QED) is 0.901. The Morgan fingerprint density at radius 2 is 2.20 bits per heavy atom. The van der Waals surface area contributed by atoms with Gasteiger partial charge in [-0.25, -0.2) is 4.98 Å². The van der Waals surface area contributed by atoms with Gasteiger partial charge in [-0.2, -0.15) is 0 Å². The van der Waals surface area contributed by atoms with E-state index in [1.54, 1.807) is 12.1 Å². The summed E-state index contributed by atoms with van der Waals surface area (Å²) in [6.45, 7) is 3.48. The van der Waals surface area contributed by atoms with Crippen molar-refractivity contribution in [1.29, 1.82) is 0 Å². The average molecular weight is 245 g/mol. The lowest BCUT2D eigenvalue weighted by molar-refractivity contribution is 0.501. The lowest BCUT2D eigenvalue weighted by atomic mass is 10.3. The van der Waals surface area contributed by atoms with Gasteiger partial charge in [0.15, 0.2) is 5.58 Å². The molecule has 5 heteroatoms. The minimum absolute atomic E-state index is 0.493. The van der Waals surface area contributed by atoms with E-state index in [0.717, 1.165) is 6.54 Å². The molecule has 15 heavy (non-hydrogen) atoms. The molecule has 0 atom stereocenters. The first-order valence-corrected chi connectivity index (χ1v) is 5.41. The summed E-state index contributed by atoms with van der Waals surface area (Å²) in [6.07, 6.45) is 0. The second-order valence-corrected chi connectivity index (χ2v) is 3.97. The van der Waals surface area contributed by atoms with E-state index in [2.05, 4.69) is 10.3 Å². The molecule has 0 aliphatic heterocycles. The highest BCUT2D eigenvalue weighted by molar-refractivity contribution is 6.37. The third-order valence-corrected chi connectivity index (χ3v) is 2.48. The first-order chi connectivity index (χ1) is 7.20. The molecule has 2 aromatic rings. The van der Waals surface area contributed by atoms with E-state index in [1.807, 2.05) is 6.92 Å². The van der Waals surface area contributed by atoms with Crippen LogP contribution in [0.4, 0.5) is 0 Å². The van der Waals surface area contributed by atoms with Crippen molar-refractivity contribution >= 4 is 34.3 Å². The zero-order chi connectivity index (χ0) is 10.8. The van der Waals surface area contributed by atoms with E-state index in [4.69, 9.17) is 27.6 Å². The predicted molar refractivity (Wildman–Crippen MR) is 61.4 cm³/mol. The Morgan fingerprint density at radius 1 is 1.40 bits per heavy atom. The van der Waals surface area contributed by atoms with Crippen LogP contribution in [-0.4, -0.2) is 11.5 Å². The summed E-state index contributed by atoms with van der Waals surface area (Å²) in [4.78, 5) is 4.27. The van der Waals surface area contributed by atoms with Crippen LogP contribution < -0.4 is 5.32 Å². The van der Waals surface area contributed by atoms with E-state index < -0.39 is 0 Å².